The highest BCUT2D eigenvalue weighted by Gasteiger charge is 1.89. The Balaban J connectivity index is 2.88. The summed E-state index contributed by atoms with van der Waals surface area (Å²) in [6.45, 7) is 0. The summed E-state index contributed by atoms with van der Waals surface area (Å²) in [5, 5.41) is 0. The summed E-state index contributed by atoms with van der Waals surface area (Å²) in [6.07, 6.45) is 0. The van der Waals surface area contributed by atoms with Crippen molar-refractivity contribution in [1.29, 1.82) is 0 Å². The van der Waals surface area contributed by atoms with Gasteiger partial charge >= 0.3 is 0 Å². The first-order valence-corrected chi connectivity index (χ1v) is 2.86. The van der Waals surface area contributed by atoms with Gasteiger partial charge in [-0.2, -0.15) is 5.73 Å². The highest BCUT2D eigenvalue weighted by atomic mass is 35.5. The number of hydrogen-bond donors (Lipinski definition) is 0. The number of hydrogen-bond acceptors (Lipinski definition) is 0. The summed E-state index contributed by atoms with van der Waals surface area (Å²) in [5.74, 6) is 2.42. The van der Waals surface area contributed by atoms with Crippen LogP contribution in [0.5, 0.6) is 0 Å². The van der Waals surface area contributed by atoms with E-state index in [1.807, 2.05) is 0 Å². The van der Waals surface area contributed by atoms with Gasteiger partial charge in [-0.1, -0.05) is 12.1 Å². The average molecular weight is 138 g/mol. The molecule has 0 bridgehead atoms. The largest absolute Gasteiger partial charge is 0.151 e. The zero-order valence-corrected chi connectivity index (χ0v) is 5.39. The van der Waals surface area contributed by atoms with Crippen molar-refractivity contribution in [2.75, 3.05) is 0 Å². The molecule has 0 spiro atoms. The lowest BCUT2D eigenvalue weighted by Crippen LogP contribution is -1.73. The molecule has 44 valence electrons. The lowest BCUT2D eigenvalue weighted by Gasteiger charge is -1.90. The van der Waals surface area contributed by atoms with Gasteiger partial charge in [0.25, 0.3) is 0 Å². The van der Waals surface area contributed by atoms with Gasteiger partial charge < -0.3 is 0 Å². The molecule has 4 radical (unpaired) electrons. The molecule has 0 saturated heterocycles. The standard InChI is InChI=1S/C7H4ClN/c8-5-6-1-3-7(9)4-2-6/h1-4H. The highest BCUT2D eigenvalue weighted by molar-refractivity contribution is 6.25. The van der Waals surface area contributed by atoms with E-state index in [4.69, 9.17) is 17.3 Å². The molecule has 1 aromatic carbocycles. The van der Waals surface area contributed by atoms with Gasteiger partial charge in [-0.3, -0.25) is 0 Å². The Kier molecular flexibility index (Phi) is 1.96. The van der Waals surface area contributed by atoms with E-state index in [9.17, 15) is 0 Å². The molecular weight excluding hydrogens is 134 g/mol. The van der Waals surface area contributed by atoms with Gasteiger partial charge in [0.2, 0.25) is 0 Å². The quantitative estimate of drug-likeness (QED) is 0.565. The minimum Gasteiger partial charge on any atom is -0.151 e. The van der Waals surface area contributed by atoms with Crippen molar-refractivity contribution in [3.05, 3.63) is 35.7 Å². The topological polar surface area (TPSA) is 22.3 Å². The number of nitrogens with zero attached hydrogens (tertiary/aromatic N) is 1. The fraction of sp³-hybridized carbons (Fsp3) is 0. The van der Waals surface area contributed by atoms with Crippen molar-refractivity contribution in [3.8, 4) is 0 Å². The van der Waals surface area contributed by atoms with Gasteiger partial charge in [0, 0.05) is 0 Å². The van der Waals surface area contributed by atoms with Crippen molar-refractivity contribution < 1.29 is 0 Å². The van der Waals surface area contributed by atoms with Crippen LogP contribution in [0.4, 0.5) is 5.69 Å². The summed E-state index contributed by atoms with van der Waals surface area (Å²) in [4.78, 5) is 0. The molecule has 0 aliphatic rings. The third-order valence-electron chi connectivity index (χ3n) is 0.976. The lowest BCUT2D eigenvalue weighted by atomic mass is 10.2. The molecule has 0 atom stereocenters. The third kappa shape index (κ3) is 1.61. The van der Waals surface area contributed by atoms with E-state index in [0.29, 0.717) is 0 Å². The first kappa shape index (κ1) is 6.43. The Bertz CT molecular complexity index is 181. The van der Waals surface area contributed by atoms with Crippen LogP contribution in [0, 0.1) is 5.88 Å². The van der Waals surface area contributed by atoms with Gasteiger partial charge in [0.05, 0.1) is 5.69 Å². The highest BCUT2D eigenvalue weighted by Crippen LogP contribution is 2.09. The fourth-order valence-electron chi connectivity index (χ4n) is 0.524. The summed E-state index contributed by atoms with van der Waals surface area (Å²) in [5.41, 5.74) is 9.80. The Morgan fingerprint density at radius 2 is 1.78 bits per heavy atom. The normalized spacial score (nSPS) is 9.44. The second kappa shape index (κ2) is 2.74. The zero-order chi connectivity index (χ0) is 6.69. The SMILES string of the molecule is [N]c1ccc([C]Cl)cc1. The van der Waals surface area contributed by atoms with Gasteiger partial charge in [0.1, 0.15) is 5.88 Å². The maximum Gasteiger partial charge on any atom is 0.120 e. The second-order valence-electron chi connectivity index (χ2n) is 1.64. The van der Waals surface area contributed by atoms with Crippen LogP contribution in [0.3, 0.4) is 0 Å². The molecule has 0 saturated carbocycles. The van der Waals surface area contributed by atoms with Crippen LogP contribution in [0.2, 0.25) is 0 Å². The summed E-state index contributed by atoms with van der Waals surface area (Å²) in [6, 6.07) is 6.49. The van der Waals surface area contributed by atoms with Crippen molar-refractivity contribution in [1.82, 2.24) is 5.73 Å². The second-order valence-corrected chi connectivity index (χ2v) is 1.83. The van der Waals surface area contributed by atoms with E-state index in [-0.39, 0.29) is 5.69 Å². The third-order valence-corrected chi connectivity index (χ3v) is 1.19. The Morgan fingerprint density at radius 1 is 1.22 bits per heavy atom. The van der Waals surface area contributed by atoms with E-state index in [0.717, 1.165) is 5.56 Å². The first-order chi connectivity index (χ1) is 4.33. The van der Waals surface area contributed by atoms with E-state index >= 15 is 0 Å². The molecule has 1 aromatic rings. The minimum atomic E-state index is 0.241. The average Bonchev–Trinajstić information content (AvgIpc) is 1.90. The molecule has 1 nitrogen and oxygen atoms in total. The zero-order valence-electron chi connectivity index (χ0n) is 4.63. The Morgan fingerprint density at radius 3 is 2.22 bits per heavy atom. The van der Waals surface area contributed by atoms with E-state index in [2.05, 4.69) is 5.88 Å². The van der Waals surface area contributed by atoms with E-state index in [1.165, 1.54) is 0 Å². The van der Waals surface area contributed by atoms with Crippen molar-refractivity contribution >= 4 is 17.3 Å². The van der Waals surface area contributed by atoms with Crippen molar-refractivity contribution in [3.63, 3.8) is 0 Å². The molecule has 0 N–H and O–H groups in total. The predicted octanol–water partition coefficient (Wildman–Crippen LogP) is 2.01. The summed E-state index contributed by atoms with van der Waals surface area (Å²) < 4.78 is 0. The minimum absolute atomic E-state index is 0.241. The monoisotopic (exact) mass is 137 g/mol. The van der Waals surface area contributed by atoms with Crippen LogP contribution >= 0.6 is 11.6 Å². The molecule has 0 aliphatic heterocycles. The molecule has 2 heteroatoms. The molecule has 0 amide bonds. The number of halogens is 1. The van der Waals surface area contributed by atoms with Gasteiger partial charge in [-0.15, -0.1) is 11.6 Å². The molecular formula is C7H4ClN. The molecule has 0 heterocycles. The molecule has 9 heavy (non-hydrogen) atoms. The van der Waals surface area contributed by atoms with Crippen molar-refractivity contribution in [2.24, 2.45) is 0 Å². The Hall–Kier alpha value is -0.690. The van der Waals surface area contributed by atoms with Gasteiger partial charge in [-0.05, 0) is 17.7 Å². The summed E-state index contributed by atoms with van der Waals surface area (Å²) >= 11 is 5.25. The van der Waals surface area contributed by atoms with Gasteiger partial charge in [-0.25, -0.2) is 0 Å². The first-order valence-electron chi connectivity index (χ1n) is 2.48. The molecule has 0 fully saturated rings. The summed E-state index contributed by atoms with van der Waals surface area (Å²) in [7, 11) is 0. The van der Waals surface area contributed by atoms with Crippen LogP contribution < -0.4 is 5.73 Å². The van der Waals surface area contributed by atoms with Crippen LogP contribution in [-0.2, 0) is 0 Å². The van der Waals surface area contributed by atoms with Crippen LogP contribution in [0.15, 0.2) is 24.3 Å². The fourth-order valence-corrected chi connectivity index (χ4v) is 0.650. The predicted molar refractivity (Wildman–Crippen MR) is 36.4 cm³/mol. The van der Waals surface area contributed by atoms with E-state index < -0.39 is 0 Å². The Labute approximate surface area is 59.4 Å². The maximum absolute atomic E-state index is 8.78. The number of benzene rings is 1. The van der Waals surface area contributed by atoms with Crippen molar-refractivity contribution in [2.45, 2.75) is 0 Å². The molecule has 0 unspecified atom stereocenters. The maximum atomic E-state index is 8.78. The lowest BCUT2D eigenvalue weighted by molar-refractivity contribution is 1.46. The van der Waals surface area contributed by atoms with Crippen LogP contribution in [0.1, 0.15) is 5.56 Å². The molecule has 0 aromatic heterocycles. The van der Waals surface area contributed by atoms with Gasteiger partial charge in [0.15, 0.2) is 0 Å². The van der Waals surface area contributed by atoms with E-state index in [1.54, 1.807) is 24.3 Å². The van der Waals surface area contributed by atoms with Crippen LogP contribution in [-0.4, -0.2) is 0 Å². The smallest absolute Gasteiger partial charge is 0.120 e. The molecule has 1 rings (SSSR count). The molecule has 0 aliphatic carbocycles. The van der Waals surface area contributed by atoms with Crippen LogP contribution in [0.25, 0.3) is 0 Å². The number of rotatable bonds is 1.